The van der Waals surface area contributed by atoms with E-state index in [9.17, 15) is 9.59 Å². The molecule has 0 aliphatic carbocycles. The summed E-state index contributed by atoms with van der Waals surface area (Å²) >= 11 is 0. The lowest BCUT2D eigenvalue weighted by molar-refractivity contribution is -0.130. The van der Waals surface area contributed by atoms with Gasteiger partial charge in [-0.1, -0.05) is 48.0 Å². The van der Waals surface area contributed by atoms with Gasteiger partial charge in [-0.3, -0.25) is 14.7 Å². The first-order chi connectivity index (χ1) is 13.6. The third kappa shape index (κ3) is 3.76. The van der Waals surface area contributed by atoms with Gasteiger partial charge >= 0.3 is 0 Å². The Hall–Kier alpha value is -3.15. The van der Waals surface area contributed by atoms with E-state index in [2.05, 4.69) is 10.2 Å². The van der Waals surface area contributed by atoms with E-state index >= 15 is 0 Å². The third-order valence-corrected chi connectivity index (χ3v) is 5.25. The van der Waals surface area contributed by atoms with Crippen LogP contribution in [0, 0.1) is 6.92 Å². The number of aryl methyl sites for hydroxylation is 1. The fourth-order valence-electron chi connectivity index (χ4n) is 3.75. The molecule has 0 radical (unpaired) electrons. The molecule has 2 heterocycles. The van der Waals surface area contributed by atoms with E-state index < -0.39 is 0 Å². The smallest absolute Gasteiger partial charge is 0.275 e. The lowest BCUT2D eigenvalue weighted by Crippen LogP contribution is -2.38. The molecule has 144 valence electrons. The van der Waals surface area contributed by atoms with Crippen molar-refractivity contribution < 1.29 is 9.59 Å². The van der Waals surface area contributed by atoms with Crippen molar-refractivity contribution in [1.82, 2.24) is 20.0 Å². The number of aromatic nitrogens is 2. The quantitative estimate of drug-likeness (QED) is 0.764. The number of hydrogen-bond acceptors (Lipinski definition) is 3. The monoisotopic (exact) mass is 376 g/mol. The minimum atomic E-state index is -0.0783. The van der Waals surface area contributed by atoms with E-state index in [4.69, 9.17) is 0 Å². The molecule has 2 aromatic carbocycles. The fraction of sp³-hybridized carbons (Fsp3) is 0.318. The molecule has 0 atom stereocenters. The number of para-hydroxylation sites is 1. The minimum Gasteiger partial charge on any atom is -0.341 e. The number of carbonyl (C=O) groups is 2. The lowest BCUT2D eigenvalue weighted by Gasteiger charge is -2.22. The fourth-order valence-corrected chi connectivity index (χ4v) is 3.75. The van der Waals surface area contributed by atoms with Gasteiger partial charge in [0, 0.05) is 31.6 Å². The number of benzene rings is 2. The summed E-state index contributed by atoms with van der Waals surface area (Å²) in [7, 11) is 0. The molecule has 2 amide bonds. The Balaban J connectivity index is 1.42. The topological polar surface area (TPSA) is 69.3 Å². The van der Waals surface area contributed by atoms with Gasteiger partial charge in [0.15, 0.2) is 5.69 Å². The van der Waals surface area contributed by atoms with Crippen LogP contribution in [0.15, 0.2) is 48.5 Å². The summed E-state index contributed by atoms with van der Waals surface area (Å²) < 4.78 is 0. The first-order valence-electron chi connectivity index (χ1n) is 9.67. The van der Waals surface area contributed by atoms with E-state index in [1.807, 2.05) is 65.3 Å². The molecular weight excluding hydrogens is 352 g/mol. The standard InChI is InChI=1S/C22H24N4O2/c1-16-6-4-7-17(14-16)15-20(27)25-10-5-11-26(13-12-25)22(28)21-18-8-2-3-9-19(18)23-24-21/h2-4,6-9,14H,5,10-13,15H2,1H3,(H,23,24). The van der Waals surface area contributed by atoms with Crippen LogP contribution in [0.3, 0.4) is 0 Å². The van der Waals surface area contributed by atoms with Gasteiger partial charge < -0.3 is 9.80 Å². The number of fused-ring (bicyclic) bond motifs is 1. The van der Waals surface area contributed by atoms with Crippen molar-refractivity contribution in [1.29, 1.82) is 0 Å². The maximum absolute atomic E-state index is 13.0. The molecule has 1 aromatic heterocycles. The van der Waals surface area contributed by atoms with E-state index in [0.29, 0.717) is 38.3 Å². The van der Waals surface area contributed by atoms with Crippen molar-refractivity contribution in [2.45, 2.75) is 19.8 Å². The number of carbonyl (C=O) groups excluding carboxylic acids is 2. The molecule has 4 rings (SSSR count). The highest BCUT2D eigenvalue weighted by Crippen LogP contribution is 2.18. The van der Waals surface area contributed by atoms with Crippen LogP contribution >= 0.6 is 0 Å². The predicted molar refractivity (Wildman–Crippen MR) is 108 cm³/mol. The van der Waals surface area contributed by atoms with Crippen LogP contribution in [0.5, 0.6) is 0 Å². The Morgan fingerprint density at radius 3 is 2.64 bits per heavy atom. The van der Waals surface area contributed by atoms with Crippen LogP contribution < -0.4 is 0 Å². The molecule has 6 heteroatoms. The highest BCUT2D eigenvalue weighted by molar-refractivity contribution is 6.04. The number of hydrogen-bond donors (Lipinski definition) is 1. The van der Waals surface area contributed by atoms with Crippen molar-refractivity contribution in [2.24, 2.45) is 0 Å². The Labute approximate surface area is 164 Å². The summed E-state index contributed by atoms with van der Waals surface area (Å²) in [5, 5.41) is 7.98. The molecule has 28 heavy (non-hydrogen) atoms. The largest absolute Gasteiger partial charge is 0.341 e. The van der Waals surface area contributed by atoms with Crippen molar-refractivity contribution >= 4 is 22.7 Å². The van der Waals surface area contributed by atoms with Crippen molar-refractivity contribution in [3.05, 3.63) is 65.4 Å². The molecule has 0 bridgehead atoms. The predicted octanol–water partition coefficient (Wildman–Crippen LogP) is 2.79. The van der Waals surface area contributed by atoms with Crippen LogP contribution in [0.25, 0.3) is 10.9 Å². The van der Waals surface area contributed by atoms with Crippen LogP contribution in [0.1, 0.15) is 28.0 Å². The van der Waals surface area contributed by atoms with E-state index in [1.165, 1.54) is 0 Å². The number of amides is 2. The number of H-pyrrole nitrogens is 1. The van der Waals surface area contributed by atoms with Gasteiger partial charge in [0.25, 0.3) is 5.91 Å². The number of rotatable bonds is 3. The van der Waals surface area contributed by atoms with Crippen LogP contribution in [0.4, 0.5) is 0 Å². The molecular formula is C22H24N4O2. The molecule has 0 saturated carbocycles. The van der Waals surface area contributed by atoms with E-state index in [0.717, 1.165) is 28.5 Å². The average molecular weight is 376 g/mol. The molecule has 0 spiro atoms. The van der Waals surface area contributed by atoms with Crippen LogP contribution in [-0.2, 0) is 11.2 Å². The lowest BCUT2D eigenvalue weighted by atomic mass is 10.1. The van der Waals surface area contributed by atoms with Gasteiger partial charge in [0.2, 0.25) is 5.91 Å². The molecule has 1 aliphatic rings. The van der Waals surface area contributed by atoms with Gasteiger partial charge in [-0.25, -0.2) is 0 Å². The summed E-state index contributed by atoms with van der Waals surface area (Å²) in [6.45, 7) is 4.42. The second-order valence-electron chi connectivity index (χ2n) is 7.31. The van der Waals surface area contributed by atoms with Crippen LogP contribution in [-0.4, -0.2) is 58.0 Å². The molecule has 1 fully saturated rings. The average Bonchev–Trinajstić information content (AvgIpc) is 2.96. The van der Waals surface area contributed by atoms with E-state index in [-0.39, 0.29) is 11.8 Å². The maximum Gasteiger partial charge on any atom is 0.275 e. The summed E-state index contributed by atoms with van der Waals surface area (Å²) in [5.41, 5.74) is 3.50. The Bertz CT molecular complexity index is 1010. The Morgan fingerprint density at radius 1 is 1.00 bits per heavy atom. The highest BCUT2D eigenvalue weighted by atomic mass is 16.2. The number of aromatic amines is 1. The first kappa shape index (κ1) is 18.2. The molecule has 0 unspecified atom stereocenters. The van der Waals surface area contributed by atoms with Crippen molar-refractivity contribution in [3.8, 4) is 0 Å². The molecule has 1 N–H and O–H groups in total. The van der Waals surface area contributed by atoms with Gasteiger partial charge in [-0.05, 0) is 25.0 Å². The van der Waals surface area contributed by atoms with Gasteiger partial charge in [-0.2, -0.15) is 5.10 Å². The van der Waals surface area contributed by atoms with Gasteiger partial charge in [-0.15, -0.1) is 0 Å². The Morgan fingerprint density at radius 2 is 1.79 bits per heavy atom. The summed E-state index contributed by atoms with van der Waals surface area (Å²) in [4.78, 5) is 29.4. The zero-order chi connectivity index (χ0) is 19.5. The third-order valence-electron chi connectivity index (χ3n) is 5.25. The Kier molecular flexibility index (Phi) is 5.10. The maximum atomic E-state index is 13.0. The summed E-state index contributed by atoms with van der Waals surface area (Å²) in [6, 6.07) is 15.7. The SMILES string of the molecule is Cc1cccc(CC(=O)N2CCCN(C(=O)c3n[nH]c4ccccc34)CC2)c1. The number of nitrogens with one attached hydrogen (secondary N) is 1. The molecule has 1 saturated heterocycles. The highest BCUT2D eigenvalue weighted by Gasteiger charge is 2.25. The molecule has 3 aromatic rings. The van der Waals surface area contributed by atoms with Crippen LogP contribution in [0.2, 0.25) is 0 Å². The first-order valence-corrected chi connectivity index (χ1v) is 9.67. The van der Waals surface area contributed by atoms with E-state index in [1.54, 1.807) is 0 Å². The van der Waals surface area contributed by atoms with Crippen molar-refractivity contribution in [3.63, 3.8) is 0 Å². The number of nitrogens with zero attached hydrogens (tertiary/aromatic N) is 3. The second-order valence-corrected chi connectivity index (χ2v) is 7.31. The molecule has 1 aliphatic heterocycles. The molecule has 6 nitrogen and oxygen atoms in total. The summed E-state index contributed by atoms with van der Waals surface area (Å²) in [5.74, 6) is 0.0375. The van der Waals surface area contributed by atoms with Gasteiger partial charge in [0.1, 0.15) is 0 Å². The van der Waals surface area contributed by atoms with Gasteiger partial charge in [0.05, 0.1) is 11.9 Å². The summed E-state index contributed by atoms with van der Waals surface area (Å²) in [6.07, 6.45) is 1.17. The normalized spacial score (nSPS) is 14.9. The second kappa shape index (κ2) is 7.84. The van der Waals surface area contributed by atoms with Crippen molar-refractivity contribution in [2.75, 3.05) is 26.2 Å². The zero-order valence-corrected chi connectivity index (χ0v) is 16.0. The zero-order valence-electron chi connectivity index (χ0n) is 16.0. The minimum absolute atomic E-state index is 0.0783.